The van der Waals surface area contributed by atoms with E-state index in [1.54, 1.807) is 18.1 Å². The van der Waals surface area contributed by atoms with Crippen LogP contribution in [-0.2, 0) is 14.3 Å². The number of hydrogen-bond acceptors (Lipinski definition) is 7. The fourth-order valence-electron chi connectivity index (χ4n) is 4.11. The van der Waals surface area contributed by atoms with E-state index in [4.69, 9.17) is 14.2 Å². The van der Waals surface area contributed by atoms with E-state index < -0.39 is 5.41 Å². The molecule has 29 heavy (non-hydrogen) atoms. The van der Waals surface area contributed by atoms with E-state index in [0.717, 1.165) is 0 Å². The average molecular weight is 406 g/mol. The Morgan fingerprint density at radius 3 is 2.66 bits per heavy atom. The molecule has 0 aromatic heterocycles. The van der Waals surface area contributed by atoms with Crippen LogP contribution in [0.25, 0.3) is 0 Å². The van der Waals surface area contributed by atoms with Gasteiger partial charge in [-0.25, -0.2) is 0 Å². The first-order valence-corrected chi connectivity index (χ1v) is 9.94. The lowest BCUT2D eigenvalue weighted by atomic mass is 9.76. The molecule has 8 heteroatoms. The van der Waals surface area contributed by atoms with Crippen LogP contribution in [0.2, 0.25) is 0 Å². The first-order valence-electron chi connectivity index (χ1n) is 9.94. The van der Waals surface area contributed by atoms with Crippen molar-refractivity contribution >= 4 is 11.9 Å². The van der Waals surface area contributed by atoms with Crippen molar-refractivity contribution in [3.8, 4) is 11.5 Å². The highest BCUT2D eigenvalue weighted by Crippen LogP contribution is 2.43. The lowest BCUT2D eigenvalue weighted by molar-refractivity contribution is -0.150. The molecule has 3 rings (SSSR count). The molecule has 2 aliphatic heterocycles. The number of esters is 1. The molecule has 1 spiro atoms. The number of cyclic esters (lactones) is 1. The average Bonchev–Trinajstić information content (AvgIpc) is 2.95. The van der Waals surface area contributed by atoms with E-state index in [9.17, 15) is 14.7 Å². The molecule has 1 aromatic rings. The minimum Gasteiger partial charge on any atom is -0.508 e. The van der Waals surface area contributed by atoms with Crippen LogP contribution >= 0.6 is 0 Å². The van der Waals surface area contributed by atoms with Crippen molar-refractivity contribution in [2.24, 2.45) is 5.41 Å². The van der Waals surface area contributed by atoms with Gasteiger partial charge in [0.1, 0.15) is 24.2 Å². The molecule has 1 aromatic carbocycles. The SMILES string of the molecule is COCCOc1cc(O)cc(C(=O)N2CCC3(CC2)CC(CN(C)C)OC3=O)c1. The summed E-state index contributed by atoms with van der Waals surface area (Å²) in [5.41, 5.74) is -0.113. The van der Waals surface area contributed by atoms with Crippen molar-refractivity contribution in [3.63, 3.8) is 0 Å². The maximum atomic E-state index is 12.9. The molecule has 8 nitrogen and oxygen atoms in total. The van der Waals surface area contributed by atoms with E-state index in [-0.39, 0.29) is 23.7 Å². The quantitative estimate of drug-likeness (QED) is 0.542. The van der Waals surface area contributed by atoms with Crippen LogP contribution in [0.1, 0.15) is 29.6 Å². The third kappa shape index (κ3) is 5.00. The molecular formula is C21H30N2O6. The molecular weight excluding hydrogens is 376 g/mol. The number of methoxy groups -OCH3 is 1. The number of rotatable bonds is 7. The zero-order valence-corrected chi connectivity index (χ0v) is 17.3. The largest absolute Gasteiger partial charge is 0.508 e. The van der Waals surface area contributed by atoms with Gasteiger partial charge >= 0.3 is 5.97 Å². The predicted octanol–water partition coefficient (Wildman–Crippen LogP) is 1.52. The second kappa shape index (κ2) is 9.00. The highest BCUT2D eigenvalue weighted by molar-refractivity contribution is 5.95. The third-order valence-corrected chi connectivity index (χ3v) is 5.60. The number of nitrogens with zero attached hydrogens (tertiary/aromatic N) is 2. The number of amides is 1. The monoisotopic (exact) mass is 406 g/mol. The number of aromatic hydroxyl groups is 1. The molecule has 0 aliphatic carbocycles. The number of ether oxygens (including phenoxy) is 3. The topological polar surface area (TPSA) is 88.5 Å². The van der Waals surface area contributed by atoms with E-state index in [0.29, 0.717) is 63.4 Å². The van der Waals surface area contributed by atoms with Gasteiger partial charge in [0.15, 0.2) is 0 Å². The standard InChI is InChI=1S/C21H30N2O6/c1-22(2)14-18-13-21(20(26)29-18)4-6-23(7-5-21)19(25)15-10-16(24)12-17(11-15)28-9-8-27-3/h10-12,18,24H,4-9,13-14H2,1-3H3. The molecule has 2 saturated heterocycles. The molecule has 1 atom stereocenters. The van der Waals surface area contributed by atoms with Crippen LogP contribution in [-0.4, -0.2) is 86.9 Å². The number of phenolic OH excluding ortho intramolecular Hbond substituents is 1. The van der Waals surface area contributed by atoms with E-state index in [1.165, 1.54) is 12.1 Å². The van der Waals surface area contributed by atoms with Gasteiger partial charge in [0.05, 0.1) is 12.0 Å². The summed E-state index contributed by atoms with van der Waals surface area (Å²) in [6, 6.07) is 4.53. The number of likely N-dealkylation sites (N-methyl/N-ethyl adjacent to an activating group) is 1. The molecule has 1 N–H and O–H groups in total. The minimum atomic E-state index is -0.481. The van der Waals surface area contributed by atoms with Crippen LogP contribution in [0.5, 0.6) is 11.5 Å². The van der Waals surface area contributed by atoms with Crippen molar-refractivity contribution in [1.29, 1.82) is 0 Å². The lowest BCUT2D eigenvalue weighted by Gasteiger charge is -2.36. The van der Waals surface area contributed by atoms with Crippen molar-refractivity contribution in [1.82, 2.24) is 9.80 Å². The van der Waals surface area contributed by atoms with Crippen LogP contribution in [0.15, 0.2) is 18.2 Å². The Morgan fingerprint density at radius 1 is 1.28 bits per heavy atom. The first kappa shape index (κ1) is 21.4. The number of likely N-dealkylation sites (tertiary alicyclic amines) is 1. The van der Waals surface area contributed by atoms with Gasteiger partial charge in [-0.05, 0) is 39.1 Å². The van der Waals surface area contributed by atoms with Crippen molar-refractivity contribution < 1.29 is 28.9 Å². The molecule has 0 saturated carbocycles. The van der Waals surface area contributed by atoms with Gasteiger partial charge in [0, 0.05) is 44.8 Å². The van der Waals surface area contributed by atoms with Crippen LogP contribution < -0.4 is 4.74 Å². The zero-order chi connectivity index (χ0) is 21.0. The number of piperidine rings is 1. The molecule has 2 fully saturated rings. The zero-order valence-electron chi connectivity index (χ0n) is 17.3. The summed E-state index contributed by atoms with van der Waals surface area (Å²) >= 11 is 0. The fraction of sp³-hybridized carbons (Fsp3) is 0.619. The summed E-state index contributed by atoms with van der Waals surface area (Å²) in [5, 5.41) is 9.95. The number of phenols is 1. The van der Waals surface area contributed by atoms with Crippen molar-refractivity contribution in [2.75, 3.05) is 54.1 Å². The summed E-state index contributed by atoms with van der Waals surface area (Å²) in [7, 11) is 5.50. The molecule has 2 heterocycles. The third-order valence-electron chi connectivity index (χ3n) is 5.60. The van der Waals surface area contributed by atoms with Gasteiger partial charge in [-0.2, -0.15) is 0 Å². The van der Waals surface area contributed by atoms with Gasteiger partial charge in [-0.15, -0.1) is 0 Å². The lowest BCUT2D eigenvalue weighted by Crippen LogP contribution is -2.45. The normalized spacial score (nSPS) is 20.9. The van der Waals surface area contributed by atoms with Crippen LogP contribution in [0, 0.1) is 5.41 Å². The Labute approximate surface area is 171 Å². The summed E-state index contributed by atoms with van der Waals surface area (Å²) in [5.74, 6) is 0.0820. The second-order valence-electron chi connectivity index (χ2n) is 8.12. The number of carbonyl (C=O) groups excluding carboxylic acids is 2. The van der Waals surface area contributed by atoms with E-state index in [1.807, 2.05) is 19.0 Å². The molecule has 1 amide bonds. The van der Waals surface area contributed by atoms with Gasteiger partial charge in [-0.1, -0.05) is 0 Å². The highest BCUT2D eigenvalue weighted by atomic mass is 16.6. The Bertz CT molecular complexity index is 743. The van der Waals surface area contributed by atoms with E-state index >= 15 is 0 Å². The number of carbonyl (C=O) groups is 2. The number of hydrogen-bond donors (Lipinski definition) is 1. The van der Waals surface area contributed by atoms with Crippen LogP contribution in [0.4, 0.5) is 0 Å². The Hall–Kier alpha value is -2.32. The van der Waals surface area contributed by atoms with Crippen molar-refractivity contribution in [3.05, 3.63) is 23.8 Å². The summed E-state index contributed by atoms with van der Waals surface area (Å²) in [6.45, 7) is 2.43. The minimum absolute atomic E-state index is 0.0253. The van der Waals surface area contributed by atoms with E-state index in [2.05, 4.69) is 0 Å². The maximum absolute atomic E-state index is 12.9. The summed E-state index contributed by atoms with van der Waals surface area (Å²) in [4.78, 5) is 29.2. The van der Waals surface area contributed by atoms with Crippen LogP contribution in [0.3, 0.4) is 0 Å². The predicted molar refractivity (Wildman–Crippen MR) is 106 cm³/mol. The fourth-order valence-corrected chi connectivity index (χ4v) is 4.11. The molecule has 2 aliphatic rings. The molecule has 0 bridgehead atoms. The smallest absolute Gasteiger partial charge is 0.312 e. The molecule has 160 valence electrons. The molecule has 1 unspecified atom stereocenters. The Morgan fingerprint density at radius 2 is 2.00 bits per heavy atom. The van der Waals surface area contributed by atoms with Gasteiger partial charge in [-0.3, -0.25) is 9.59 Å². The Kier molecular flexibility index (Phi) is 6.64. The second-order valence-corrected chi connectivity index (χ2v) is 8.12. The highest BCUT2D eigenvalue weighted by Gasteiger charge is 2.50. The Balaban J connectivity index is 1.62. The summed E-state index contributed by atoms with van der Waals surface area (Å²) in [6.07, 6.45) is 1.81. The van der Waals surface area contributed by atoms with Gasteiger partial charge < -0.3 is 29.1 Å². The maximum Gasteiger partial charge on any atom is 0.312 e. The van der Waals surface area contributed by atoms with Gasteiger partial charge in [0.25, 0.3) is 5.91 Å². The summed E-state index contributed by atoms with van der Waals surface area (Å²) < 4.78 is 16.0. The first-order chi connectivity index (χ1) is 13.8. The van der Waals surface area contributed by atoms with Gasteiger partial charge in [0.2, 0.25) is 0 Å². The molecule has 0 radical (unpaired) electrons. The van der Waals surface area contributed by atoms with Crippen molar-refractivity contribution in [2.45, 2.75) is 25.4 Å². The number of benzene rings is 1.